The average Bonchev–Trinajstić information content (AvgIpc) is 2.98. The number of carbonyl (C=O) groups is 2. The van der Waals surface area contributed by atoms with E-state index in [1.54, 1.807) is 11.3 Å². The van der Waals surface area contributed by atoms with Gasteiger partial charge < -0.3 is 15.0 Å². The van der Waals surface area contributed by atoms with Crippen LogP contribution in [-0.4, -0.2) is 49.6 Å². The van der Waals surface area contributed by atoms with Gasteiger partial charge in [0.05, 0.1) is 18.1 Å². The number of hydrogen-bond donors (Lipinski definition) is 1. The number of thiophene rings is 1. The Kier molecular flexibility index (Phi) is 4.78. The molecule has 0 spiro atoms. The molecule has 0 unspecified atom stereocenters. The first kappa shape index (κ1) is 15.5. The monoisotopic (exact) mass is 322 g/mol. The molecule has 0 saturated carbocycles. The third-order valence-corrected chi connectivity index (χ3v) is 5.54. The van der Waals surface area contributed by atoms with Crippen molar-refractivity contribution in [3.8, 4) is 0 Å². The predicted molar refractivity (Wildman–Crippen MR) is 85.2 cm³/mol. The van der Waals surface area contributed by atoms with Crippen LogP contribution >= 0.6 is 11.3 Å². The van der Waals surface area contributed by atoms with Crippen molar-refractivity contribution in [1.29, 1.82) is 0 Å². The summed E-state index contributed by atoms with van der Waals surface area (Å²) in [7, 11) is 0. The van der Waals surface area contributed by atoms with Crippen LogP contribution in [0.15, 0.2) is 6.07 Å². The van der Waals surface area contributed by atoms with E-state index < -0.39 is 0 Å². The van der Waals surface area contributed by atoms with E-state index in [0.717, 1.165) is 24.1 Å². The van der Waals surface area contributed by atoms with Gasteiger partial charge in [0.1, 0.15) is 0 Å². The summed E-state index contributed by atoms with van der Waals surface area (Å²) in [5.41, 5.74) is 1.18. The second-order valence-electron chi connectivity index (χ2n) is 5.80. The van der Waals surface area contributed by atoms with Gasteiger partial charge in [-0.1, -0.05) is 0 Å². The van der Waals surface area contributed by atoms with Crippen LogP contribution in [0, 0.1) is 5.92 Å². The van der Waals surface area contributed by atoms with E-state index in [4.69, 9.17) is 4.74 Å². The summed E-state index contributed by atoms with van der Waals surface area (Å²) in [5.74, 6) is 0.297. The van der Waals surface area contributed by atoms with Crippen molar-refractivity contribution in [2.45, 2.75) is 26.2 Å². The van der Waals surface area contributed by atoms with Crippen molar-refractivity contribution in [2.24, 2.45) is 5.92 Å². The molecule has 1 saturated heterocycles. The maximum absolute atomic E-state index is 12.5. The predicted octanol–water partition coefficient (Wildman–Crippen LogP) is 1.46. The molecule has 0 aromatic carbocycles. The molecule has 2 aliphatic rings. The first-order chi connectivity index (χ1) is 10.7. The highest BCUT2D eigenvalue weighted by atomic mass is 32.1. The Morgan fingerprint density at radius 2 is 2.18 bits per heavy atom. The SMILES string of the molecule is CCNC(=O)[C@H]1CCc2sc(C(=O)N3CCOCC3)cc2C1. The van der Waals surface area contributed by atoms with Crippen LogP contribution in [0.5, 0.6) is 0 Å². The van der Waals surface area contributed by atoms with Crippen molar-refractivity contribution in [3.05, 3.63) is 21.4 Å². The molecule has 3 rings (SSSR count). The Morgan fingerprint density at radius 1 is 1.41 bits per heavy atom. The van der Waals surface area contributed by atoms with E-state index in [-0.39, 0.29) is 17.7 Å². The summed E-state index contributed by atoms with van der Waals surface area (Å²) in [4.78, 5) is 28.5. The summed E-state index contributed by atoms with van der Waals surface area (Å²) in [6.45, 7) is 5.19. The number of nitrogens with one attached hydrogen (secondary N) is 1. The number of carbonyl (C=O) groups excluding carboxylic acids is 2. The van der Waals surface area contributed by atoms with Gasteiger partial charge in [-0.25, -0.2) is 0 Å². The summed E-state index contributed by atoms with van der Waals surface area (Å²) < 4.78 is 5.30. The van der Waals surface area contributed by atoms with Crippen LogP contribution < -0.4 is 5.32 Å². The second kappa shape index (κ2) is 6.79. The third kappa shape index (κ3) is 3.17. The van der Waals surface area contributed by atoms with Crippen LogP contribution in [-0.2, 0) is 22.4 Å². The highest BCUT2D eigenvalue weighted by Crippen LogP contribution is 2.33. The minimum Gasteiger partial charge on any atom is -0.378 e. The smallest absolute Gasteiger partial charge is 0.264 e. The van der Waals surface area contributed by atoms with Crippen LogP contribution in [0.3, 0.4) is 0 Å². The topological polar surface area (TPSA) is 58.6 Å². The van der Waals surface area contributed by atoms with E-state index >= 15 is 0 Å². The molecule has 1 N–H and O–H groups in total. The normalized spacial score (nSPS) is 21.3. The highest BCUT2D eigenvalue weighted by molar-refractivity contribution is 7.14. The van der Waals surface area contributed by atoms with Gasteiger partial charge in [0.2, 0.25) is 5.91 Å². The minimum atomic E-state index is 0.0494. The van der Waals surface area contributed by atoms with Gasteiger partial charge in [-0.2, -0.15) is 0 Å². The molecule has 2 amide bonds. The van der Waals surface area contributed by atoms with Crippen LogP contribution in [0.25, 0.3) is 0 Å². The maximum atomic E-state index is 12.5. The number of ether oxygens (including phenoxy) is 1. The fourth-order valence-corrected chi connectivity index (χ4v) is 4.27. The van der Waals surface area contributed by atoms with Gasteiger partial charge in [-0.3, -0.25) is 9.59 Å². The molecular weight excluding hydrogens is 300 g/mol. The first-order valence-electron chi connectivity index (χ1n) is 7.95. The number of morpholine rings is 1. The molecule has 0 radical (unpaired) electrons. The summed E-state index contributed by atoms with van der Waals surface area (Å²) in [6.07, 6.45) is 2.54. The maximum Gasteiger partial charge on any atom is 0.264 e. The fraction of sp³-hybridized carbons (Fsp3) is 0.625. The van der Waals surface area contributed by atoms with Crippen LogP contribution in [0.2, 0.25) is 0 Å². The van der Waals surface area contributed by atoms with E-state index in [9.17, 15) is 9.59 Å². The van der Waals surface area contributed by atoms with Crippen molar-refractivity contribution < 1.29 is 14.3 Å². The lowest BCUT2D eigenvalue weighted by Gasteiger charge is -2.26. The van der Waals surface area contributed by atoms with Gasteiger partial charge >= 0.3 is 0 Å². The van der Waals surface area contributed by atoms with Crippen molar-refractivity contribution in [1.82, 2.24) is 10.2 Å². The molecule has 6 heteroatoms. The van der Waals surface area contributed by atoms with Crippen molar-refractivity contribution in [3.63, 3.8) is 0 Å². The lowest BCUT2D eigenvalue weighted by molar-refractivity contribution is -0.125. The third-order valence-electron chi connectivity index (χ3n) is 4.31. The lowest BCUT2D eigenvalue weighted by Crippen LogP contribution is -2.40. The molecule has 1 atom stereocenters. The summed E-state index contributed by atoms with van der Waals surface area (Å²) in [6, 6.07) is 2.00. The van der Waals surface area contributed by atoms with E-state index in [1.807, 2.05) is 17.9 Å². The number of fused-ring (bicyclic) bond motifs is 1. The zero-order chi connectivity index (χ0) is 15.5. The molecule has 0 bridgehead atoms. The molecule has 2 heterocycles. The first-order valence-corrected chi connectivity index (χ1v) is 8.77. The second-order valence-corrected chi connectivity index (χ2v) is 6.93. The Morgan fingerprint density at radius 3 is 2.91 bits per heavy atom. The van der Waals surface area contributed by atoms with Gasteiger partial charge in [0, 0.05) is 30.4 Å². The minimum absolute atomic E-state index is 0.0494. The molecule has 22 heavy (non-hydrogen) atoms. The largest absolute Gasteiger partial charge is 0.378 e. The van der Waals surface area contributed by atoms with Crippen molar-refractivity contribution in [2.75, 3.05) is 32.8 Å². The fourth-order valence-electron chi connectivity index (χ4n) is 3.09. The van der Waals surface area contributed by atoms with Gasteiger partial charge in [0.25, 0.3) is 5.91 Å². The lowest BCUT2D eigenvalue weighted by atomic mass is 9.88. The van der Waals surface area contributed by atoms with Crippen molar-refractivity contribution >= 4 is 23.2 Å². The highest BCUT2D eigenvalue weighted by Gasteiger charge is 2.28. The van der Waals surface area contributed by atoms with E-state index in [2.05, 4.69) is 5.32 Å². The average molecular weight is 322 g/mol. The zero-order valence-electron chi connectivity index (χ0n) is 12.9. The summed E-state index contributed by atoms with van der Waals surface area (Å²) in [5, 5.41) is 2.90. The van der Waals surface area contributed by atoms with E-state index in [1.165, 1.54) is 10.4 Å². The van der Waals surface area contributed by atoms with Crippen LogP contribution in [0.1, 0.15) is 33.5 Å². The molecule has 1 aromatic rings. The van der Waals surface area contributed by atoms with Gasteiger partial charge in [0.15, 0.2) is 0 Å². The quantitative estimate of drug-likeness (QED) is 0.916. The molecule has 5 nitrogen and oxygen atoms in total. The number of rotatable bonds is 3. The molecule has 1 aromatic heterocycles. The summed E-state index contributed by atoms with van der Waals surface area (Å²) >= 11 is 1.60. The number of nitrogens with zero attached hydrogens (tertiary/aromatic N) is 1. The molecule has 1 aliphatic heterocycles. The van der Waals surface area contributed by atoms with E-state index in [0.29, 0.717) is 32.8 Å². The number of aryl methyl sites for hydroxylation is 1. The molecule has 1 fully saturated rings. The molecule has 1 aliphatic carbocycles. The Hall–Kier alpha value is -1.40. The Bertz CT molecular complexity index is 564. The Labute approximate surface area is 134 Å². The molecule has 120 valence electrons. The standard InChI is InChI=1S/C16H22N2O3S/c1-2-17-15(19)11-3-4-13-12(9-11)10-14(22-13)16(20)18-5-7-21-8-6-18/h10-11H,2-9H2,1H3,(H,17,19)/t11-/m0/s1. The van der Waals surface area contributed by atoms with Crippen LogP contribution in [0.4, 0.5) is 0 Å². The Balaban J connectivity index is 1.70. The number of hydrogen-bond acceptors (Lipinski definition) is 4. The molecular formula is C16H22N2O3S. The zero-order valence-corrected chi connectivity index (χ0v) is 13.7. The van der Waals surface area contributed by atoms with Gasteiger partial charge in [-0.15, -0.1) is 11.3 Å². The number of amides is 2. The van der Waals surface area contributed by atoms with Gasteiger partial charge in [-0.05, 0) is 37.8 Å².